The van der Waals surface area contributed by atoms with E-state index < -0.39 is 0 Å². The third kappa shape index (κ3) is 4.25. The molecule has 0 heterocycles. The second kappa shape index (κ2) is 5.58. The predicted molar refractivity (Wildman–Crippen MR) is 39.0 cm³/mol. The number of carbonyl (C=O) groups is 3. The minimum Gasteiger partial charge on any atom is -0.339 e. The van der Waals surface area contributed by atoms with Crippen molar-refractivity contribution in [2.45, 2.75) is 12.8 Å². The van der Waals surface area contributed by atoms with Crippen LogP contribution in [0.3, 0.4) is 0 Å². The van der Waals surface area contributed by atoms with Crippen molar-refractivity contribution in [3.8, 4) is 0 Å². The van der Waals surface area contributed by atoms with Crippen LogP contribution in [0.5, 0.6) is 0 Å². The van der Waals surface area contributed by atoms with Crippen LogP contribution in [-0.4, -0.2) is 37.0 Å². The van der Waals surface area contributed by atoms with Gasteiger partial charge in [-0.2, -0.15) is 0 Å². The largest absolute Gasteiger partial charge is 0.339 e. The molecular weight excluding hydrogens is 146 g/mol. The standard InChI is InChI=1S/C7H11NO3/c1-8(4-6-10)7(11)3-2-5-9/h5-6H,2-4H2,1H3. The van der Waals surface area contributed by atoms with Gasteiger partial charge in [-0.15, -0.1) is 0 Å². The van der Waals surface area contributed by atoms with E-state index >= 15 is 0 Å². The summed E-state index contributed by atoms with van der Waals surface area (Å²) in [5.74, 6) is -0.177. The highest BCUT2D eigenvalue weighted by Gasteiger charge is 2.05. The summed E-state index contributed by atoms with van der Waals surface area (Å²) in [6.45, 7) is 0.0949. The summed E-state index contributed by atoms with van der Waals surface area (Å²) in [5, 5.41) is 0. The van der Waals surface area contributed by atoms with E-state index in [1.807, 2.05) is 0 Å². The molecule has 0 aromatic heterocycles. The summed E-state index contributed by atoms with van der Waals surface area (Å²) < 4.78 is 0. The molecule has 0 rings (SSSR count). The molecule has 0 aromatic carbocycles. The van der Waals surface area contributed by atoms with Gasteiger partial charge in [0.2, 0.25) is 5.91 Å². The van der Waals surface area contributed by atoms with E-state index in [1.165, 1.54) is 11.9 Å². The maximum absolute atomic E-state index is 10.9. The summed E-state index contributed by atoms with van der Waals surface area (Å²) in [6, 6.07) is 0. The van der Waals surface area contributed by atoms with Crippen LogP contribution in [0.2, 0.25) is 0 Å². The van der Waals surface area contributed by atoms with Gasteiger partial charge in [-0.1, -0.05) is 0 Å². The highest BCUT2D eigenvalue weighted by Crippen LogP contribution is 1.91. The number of aldehydes is 2. The fourth-order valence-corrected chi connectivity index (χ4v) is 0.587. The molecule has 0 N–H and O–H groups in total. The van der Waals surface area contributed by atoms with Gasteiger partial charge < -0.3 is 14.5 Å². The van der Waals surface area contributed by atoms with Gasteiger partial charge in [0, 0.05) is 19.9 Å². The Morgan fingerprint density at radius 2 is 2.00 bits per heavy atom. The normalized spacial score (nSPS) is 8.82. The maximum atomic E-state index is 10.9. The summed E-state index contributed by atoms with van der Waals surface area (Å²) in [4.78, 5) is 32.0. The molecule has 0 aromatic rings. The molecule has 0 radical (unpaired) electrons. The number of nitrogens with zero attached hydrogens (tertiary/aromatic N) is 1. The third-order valence-corrected chi connectivity index (χ3v) is 1.25. The molecule has 62 valence electrons. The number of carbonyl (C=O) groups excluding carboxylic acids is 3. The van der Waals surface area contributed by atoms with Crippen LogP contribution >= 0.6 is 0 Å². The van der Waals surface area contributed by atoms with Crippen molar-refractivity contribution in [1.29, 1.82) is 0 Å². The van der Waals surface area contributed by atoms with Gasteiger partial charge >= 0.3 is 0 Å². The van der Waals surface area contributed by atoms with E-state index in [4.69, 9.17) is 0 Å². The Balaban J connectivity index is 3.62. The zero-order valence-corrected chi connectivity index (χ0v) is 6.45. The first-order valence-electron chi connectivity index (χ1n) is 3.33. The molecular formula is C7H11NO3. The van der Waals surface area contributed by atoms with Crippen LogP contribution in [0.4, 0.5) is 0 Å². The Kier molecular flexibility index (Phi) is 4.98. The highest BCUT2D eigenvalue weighted by atomic mass is 16.2. The van der Waals surface area contributed by atoms with Crippen LogP contribution in [0.15, 0.2) is 0 Å². The minimum atomic E-state index is -0.177. The number of hydrogen-bond donors (Lipinski definition) is 0. The SMILES string of the molecule is CN(CC=O)C(=O)CCC=O. The Hall–Kier alpha value is -1.19. The zero-order valence-electron chi connectivity index (χ0n) is 6.45. The predicted octanol–water partition coefficient (Wildman–Crippen LogP) is -0.377. The minimum absolute atomic E-state index is 0.0949. The molecule has 11 heavy (non-hydrogen) atoms. The van der Waals surface area contributed by atoms with E-state index in [-0.39, 0.29) is 25.3 Å². The molecule has 0 aliphatic heterocycles. The fourth-order valence-electron chi connectivity index (χ4n) is 0.587. The second-order valence-electron chi connectivity index (χ2n) is 2.15. The molecule has 0 spiro atoms. The molecule has 0 saturated carbocycles. The van der Waals surface area contributed by atoms with Crippen molar-refractivity contribution < 1.29 is 14.4 Å². The van der Waals surface area contributed by atoms with Crippen molar-refractivity contribution in [1.82, 2.24) is 4.90 Å². The number of likely N-dealkylation sites (N-methyl/N-ethyl adjacent to an activating group) is 1. The third-order valence-electron chi connectivity index (χ3n) is 1.25. The first-order chi connectivity index (χ1) is 5.22. The monoisotopic (exact) mass is 157 g/mol. The van der Waals surface area contributed by atoms with Crippen molar-refractivity contribution >= 4 is 18.5 Å². The molecule has 0 aliphatic carbocycles. The zero-order chi connectivity index (χ0) is 8.69. The molecule has 0 unspecified atom stereocenters. The van der Waals surface area contributed by atoms with E-state index in [2.05, 4.69) is 0 Å². The van der Waals surface area contributed by atoms with E-state index in [0.29, 0.717) is 12.6 Å². The second-order valence-corrected chi connectivity index (χ2v) is 2.15. The molecule has 0 fully saturated rings. The maximum Gasteiger partial charge on any atom is 0.223 e. The first kappa shape index (κ1) is 9.81. The van der Waals surface area contributed by atoms with Gasteiger partial charge in [-0.05, 0) is 0 Å². The highest BCUT2D eigenvalue weighted by molar-refractivity contribution is 5.79. The molecule has 4 heteroatoms. The molecule has 4 nitrogen and oxygen atoms in total. The Labute approximate surface area is 65.2 Å². The van der Waals surface area contributed by atoms with Crippen molar-refractivity contribution in [3.63, 3.8) is 0 Å². The Morgan fingerprint density at radius 3 is 2.45 bits per heavy atom. The van der Waals surface area contributed by atoms with Crippen LogP contribution in [0.25, 0.3) is 0 Å². The lowest BCUT2D eigenvalue weighted by molar-refractivity contribution is -0.132. The smallest absolute Gasteiger partial charge is 0.223 e. The lowest BCUT2D eigenvalue weighted by atomic mass is 10.3. The summed E-state index contributed by atoms with van der Waals surface area (Å²) in [6.07, 6.45) is 1.75. The average molecular weight is 157 g/mol. The van der Waals surface area contributed by atoms with Crippen LogP contribution in [-0.2, 0) is 14.4 Å². The van der Waals surface area contributed by atoms with Crippen molar-refractivity contribution in [2.24, 2.45) is 0 Å². The molecule has 0 atom stereocenters. The molecule has 0 saturated heterocycles. The van der Waals surface area contributed by atoms with Gasteiger partial charge in [-0.25, -0.2) is 0 Å². The van der Waals surface area contributed by atoms with Gasteiger partial charge in [-0.3, -0.25) is 4.79 Å². The number of hydrogen-bond acceptors (Lipinski definition) is 3. The van der Waals surface area contributed by atoms with Gasteiger partial charge in [0.05, 0.1) is 6.54 Å². The molecule has 0 bridgehead atoms. The fraction of sp³-hybridized carbons (Fsp3) is 0.571. The van der Waals surface area contributed by atoms with Crippen LogP contribution in [0.1, 0.15) is 12.8 Å². The van der Waals surface area contributed by atoms with E-state index in [1.54, 1.807) is 0 Å². The summed E-state index contributed by atoms with van der Waals surface area (Å²) >= 11 is 0. The summed E-state index contributed by atoms with van der Waals surface area (Å²) in [7, 11) is 1.53. The van der Waals surface area contributed by atoms with Gasteiger partial charge in [0.1, 0.15) is 12.6 Å². The lowest BCUT2D eigenvalue weighted by Gasteiger charge is -2.11. The Bertz CT molecular complexity index is 156. The van der Waals surface area contributed by atoms with E-state index in [0.717, 1.165) is 0 Å². The van der Waals surface area contributed by atoms with Gasteiger partial charge in [0.25, 0.3) is 0 Å². The number of rotatable bonds is 5. The first-order valence-corrected chi connectivity index (χ1v) is 3.33. The number of amides is 1. The quantitative estimate of drug-likeness (QED) is 0.511. The molecule has 1 amide bonds. The topological polar surface area (TPSA) is 54.5 Å². The van der Waals surface area contributed by atoms with E-state index in [9.17, 15) is 14.4 Å². The average Bonchev–Trinajstić information content (AvgIpc) is 2.00. The lowest BCUT2D eigenvalue weighted by Crippen LogP contribution is -2.28. The van der Waals surface area contributed by atoms with Crippen LogP contribution < -0.4 is 0 Å². The Morgan fingerprint density at radius 1 is 1.36 bits per heavy atom. The van der Waals surface area contributed by atoms with Gasteiger partial charge in [0.15, 0.2) is 0 Å². The molecule has 0 aliphatic rings. The summed E-state index contributed by atoms with van der Waals surface area (Å²) in [5.41, 5.74) is 0. The van der Waals surface area contributed by atoms with Crippen LogP contribution in [0, 0.1) is 0 Å². The van der Waals surface area contributed by atoms with Crippen molar-refractivity contribution in [3.05, 3.63) is 0 Å². The van der Waals surface area contributed by atoms with Crippen molar-refractivity contribution in [2.75, 3.05) is 13.6 Å².